The monoisotopic (exact) mass is 476 g/mol. The minimum absolute atomic E-state index is 0.00491. The van der Waals surface area contributed by atoms with Crippen molar-refractivity contribution in [1.29, 1.82) is 0 Å². The van der Waals surface area contributed by atoms with Crippen LogP contribution >= 0.6 is 0 Å². The maximum absolute atomic E-state index is 6.71. The van der Waals surface area contributed by atoms with Crippen LogP contribution in [0.1, 0.15) is 87.5 Å². The van der Waals surface area contributed by atoms with Crippen LogP contribution < -0.4 is 0 Å². The van der Waals surface area contributed by atoms with Gasteiger partial charge in [0.2, 0.25) is 0 Å². The van der Waals surface area contributed by atoms with Gasteiger partial charge in [0.25, 0.3) is 0 Å². The van der Waals surface area contributed by atoms with Crippen molar-refractivity contribution >= 4 is 9.05 Å². The summed E-state index contributed by atoms with van der Waals surface area (Å²) in [6.45, 7) is 22.4. The summed E-state index contributed by atoms with van der Waals surface area (Å²) in [5.74, 6) is 4.15. The lowest BCUT2D eigenvalue weighted by Crippen LogP contribution is -2.55. The first-order valence-corrected chi connectivity index (χ1v) is 14.3. The van der Waals surface area contributed by atoms with Crippen LogP contribution in [0.25, 0.3) is 0 Å². The van der Waals surface area contributed by atoms with E-state index >= 15 is 0 Å². The molecule has 1 aliphatic carbocycles. The molecule has 1 aliphatic rings. The van der Waals surface area contributed by atoms with Crippen molar-refractivity contribution in [2.75, 3.05) is 19.8 Å². The van der Waals surface area contributed by atoms with E-state index in [0.29, 0.717) is 44.5 Å². The molecule has 5 heteroatoms. The van der Waals surface area contributed by atoms with Crippen LogP contribution in [0.15, 0.2) is 36.0 Å². The van der Waals surface area contributed by atoms with Crippen LogP contribution in [-0.4, -0.2) is 34.5 Å². The van der Waals surface area contributed by atoms with Gasteiger partial charge in [-0.05, 0) is 89.5 Å². The zero-order chi connectivity index (χ0) is 25.1. The van der Waals surface area contributed by atoms with Gasteiger partial charge in [-0.15, -0.1) is 6.42 Å². The first-order chi connectivity index (χ1) is 15.6. The minimum Gasteiger partial charge on any atom is -0.351 e. The lowest BCUT2D eigenvalue weighted by Gasteiger charge is -2.41. The van der Waals surface area contributed by atoms with Crippen molar-refractivity contribution in [2.45, 2.75) is 93.1 Å². The Hall–Kier alpha value is -1.16. The van der Waals surface area contributed by atoms with E-state index in [1.807, 2.05) is 26.8 Å². The number of rotatable bonds is 16. The molecule has 0 aromatic rings. The van der Waals surface area contributed by atoms with Gasteiger partial charge in [0, 0.05) is 19.8 Å². The second-order valence-electron chi connectivity index (χ2n) is 9.73. The maximum Gasteiger partial charge on any atom is 0.680 e. The Labute approximate surface area is 205 Å². The van der Waals surface area contributed by atoms with E-state index in [9.17, 15) is 0 Å². The van der Waals surface area contributed by atoms with Gasteiger partial charge >= 0.3 is 9.05 Å². The van der Waals surface area contributed by atoms with Crippen molar-refractivity contribution in [2.24, 2.45) is 17.3 Å². The molecular weight excluding hydrogens is 428 g/mol. The minimum atomic E-state index is -3.39. The molecule has 188 valence electrons. The standard InChI is InChI=1S/C28H48O4Si/c1-11-25-18-19-26(24(8)9)27(25,10)21-22-28(12-2,20-16-17-23(6)7)32-33(29-13-3,30-14-4)31-15-5/h2,11,17-18,24,26H,1,13-16,19-22H2,3-10H3/t26-,27+,28?/m1/s1. The summed E-state index contributed by atoms with van der Waals surface area (Å²) in [5, 5.41) is 0. The van der Waals surface area contributed by atoms with Gasteiger partial charge in [-0.1, -0.05) is 57.1 Å². The lowest BCUT2D eigenvalue weighted by molar-refractivity contribution is -0.0781. The third kappa shape index (κ3) is 7.94. The van der Waals surface area contributed by atoms with E-state index in [0.717, 1.165) is 19.3 Å². The van der Waals surface area contributed by atoms with Gasteiger partial charge in [-0.25, -0.2) is 0 Å². The van der Waals surface area contributed by atoms with Gasteiger partial charge in [0.15, 0.2) is 0 Å². The van der Waals surface area contributed by atoms with Crippen LogP contribution in [0, 0.1) is 29.6 Å². The van der Waals surface area contributed by atoms with Crippen LogP contribution in [0.5, 0.6) is 0 Å². The molecule has 0 bridgehead atoms. The maximum atomic E-state index is 6.71. The highest BCUT2D eigenvalue weighted by molar-refractivity contribution is 6.53. The van der Waals surface area contributed by atoms with Gasteiger partial charge in [-0.3, -0.25) is 0 Å². The van der Waals surface area contributed by atoms with Crippen LogP contribution in [0.2, 0.25) is 0 Å². The fourth-order valence-corrected chi connectivity index (χ4v) is 7.28. The summed E-state index contributed by atoms with van der Waals surface area (Å²) in [5.41, 5.74) is 1.75. The number of terminal acetylenes is 1. The molecule has 0 amide bonds. The van der Waals surface area contributed by atoms with E-state index in [4.69, 9.17) is 24.1 Å². The molecule has 33 heavy (non-hydrogen) atoms. The highest BCUT2D eigenvalue weighted by atomic mass is 28.4. The van der Waals surface area contributed by atoms with Crippen LogP contribution in [0.4, 0.5) is 0 Å². The third-order valence-electron chi connectivity index (χ3n) is 6.79. The average molecular weight is 477 g/mol. The number of hydrogen-bond acceptors (Lipinski definition) is 4. The Kier molecular flexibility index (Phi) is 12.4. The molecule has 0 fully saturated rings. The van der Waals surface area contributed by atoms with E-state index in [-0.39, 0.29) is 5.41 Å². The topological polar surface area (TPSA) is 36.9 Å². The summed E-state index contributed by atoms with van der Waals surface area (Å²) in [7, 11) is -3.39. The Morgan fingerprint density at radius 3 is 2.21 bits per heavy atom. The van der Waals surface area contributed by atoms with E-state index < -0.39 is 14.6 Å². The van der Waals surface area contributed by atoms with Crippen LogP contribution in [-0.2, 0) is 17.7 Å². The molecule has 0 N–H and O–H groups in total. The SMILES string of the molecule is C#CC(CCC=C(C)C)(CC[C@@]1(C)C(C=C)=CC[C@@H]1C(C)C)O[Si](OCC)(OCC)OCC. The molecule has 0 radical (unpaired) electrons. The summed E-state index contributed by atoms with van der Waals surface area (Å²) in [6, 6.07) is 0. The molecule has 0 aromatic heterocycles. The first kappa shape index (κ1) is 29.9. The quantitative estimate of drug-likeness (QED) is 0.134. The Morgan fingerprint density at radius 2 is 1.79 bits per heavy atom. The molecule has 0 heterocycles. The predicted octanol–water partition coefficient (Wildman–Crippen LogP) is 7.24. The smallest absolute Gasteiger partial charge is 0.351 e. The molecule has 1 rings (SSSR count). The molecule has 1 unspecified atom stereocenters. The largest absolute Gasteiger partial charge is 0.680 e. The Bertz CT molecular complexity index is 699. The fourth-order valence-electron chi connectivity index (χ4n) is 5.05. The van der Waals surface area contributed by atoms with Crippen molar-refractivity contribution in [3.8, 4) is 12.3 Å². The molecule has 4 nitrogen and oxygen atoms in total. The van der Waals surface area contributed by atoms with E-state index in [2.05, 4.69) is 59.3 Å². The van der Waals surface area contributed by atoms with E-state index in [1.165, 1.54) is 11.1 Å². The van der Waals surface area contributed by atoms with Crippen molar-refractivity contribution in [3.63, 3.8) is 0 Å². The molecular formula is C28H48O4Si. The molecule has 0 saturated heterocycles. The van der Waals surface area contributed by atoms with Gasteiger partial charge in [-0.2, -0.15) is 0 Å². The predicted molar refractivity (Wildman–Crippen MR) is 141 cm³/mol. The van der Waals surface area contributed by atoms with Gasteiger partial charge in [0.1, 0.15) is 5.60 Å². The van der Waals surface area contributed by atoms with Crippen molar-refractivity contribution in [3.05, 3.63) is 36.0 Å². The normalized spacial score (nSPS) is 22.5. The van der Waals surface area contributed by atoms with Gasteiger partial charge in [0.05, 0.1) is 0 Å². The number of allylic oxidation sites excluding steroid dienone is 5. The third-order valence-corrected chi connectivity index (χ3v) is 9.36. The molecule has 0 aromatic carbocycles. The average Bonchev–Trinajstić information content (AvgIpc) is 3.09. The Morgan fingerprint density at radius 1 is 1.21 bits per heavy atom. The molecule has 0 spiro atoms. The van der Waals surface area contributed by atoms with Crippen LogP contribution in [0.3, 0.4) is 0 Å². The zero-order valence-electron chi connectivity index (χ0n) is 22.5. The summed E-state index contributed by atoms with van der Waals surface area (Å²) < 4.78 is 24.8. The molecule has 3 atom stereocenters. The van der Waals surface area contributed by atoms with Gasteiger partial charge < -0.3 is 17.7 Å². The second kappa shape index (κ2) is 13.7. The summed E-state index contributed by atoms with van der Waals surface area (Å²) >= 11 is 0. The van der Waals surface area contributed by atoms with E-state index in [1.54, 1.807) is 0 Å². The summed E-state index contributed by atoms with van der Waals surface area (Å²) in [4.78, 5) is 0. The molecule has 0 saturated carbocycles. The summed E-state index contributed by atoms with van der Waals surface area (Å²) in [6.07, 6.45) is 17.0. The molecule has 0 aliphatic heterocycles. The number of hydrogen-bond donors (Lipinski definition) is 0. The zero-order valence-corrected chi connectivity index (χ0v) is 23.5. The Balaban J connectivity index is 3.34. The first-order valence-electron chi connectivity index (χ1n) is 12.6. The highest BCUT2D eigenvalue weighted by Gasteiger charge is 2.52. The second-order valence-corrected chi connectivity index (χ2v) is 11.8. The fraction of sp³-hybridized carbons (Fsp3) is 0.714. The van der Waals surface area contributed by atoms with Crippen molar-refractivity contribution < 1.29 is 17.7 Å². The lowest BCUT2D eigenvalue weighted by atomic mass is 9.66. The highest BCUT2D eigenvalue weighted by Crippen LogP contribution is 2.52. The van der Waals surface area contributed by atoms with Crippen molar-refractivity contribution in [1.82, 2.24) is 0 Å².